The van der Waals surface area contributed by atoms with Crippen LogP contribution in [-0.4, -0.2) is 24.4 Å². The molecule has 2 N–H and O–H groups in total. The van der Waals surface area contributed by atoms with Crippen LogP contribution in [0, 0.1) is 5.41 Å². The van der Waals surface area contributed by atoms with Gasteiger partial charge in [-0.15, -0.1) is 0 Å². The van der Waals surface area contributed by atoms with Crippen molar-refractivity contribution in [1.82, 2.24) is 5.32 Å². The van der Waals surface area contributed by atoms with Crippen molar-refractivity contribution in [2.75, 3.05) is 13.2 Å². The first kappa shape index (κ1) is 15.8. The molecule has 0 fully saturated rings. The molecule has 1 unspecified atom stereocenters. The molecule has 1 atom stereocenters. The summed E-state index contributed by atoms with van der Waals surface area (Å²) >= 11 is 3.57. The van der Waals surface area contributed by atoms with Gasteiger partial charge in [-0.05, 0) is 29.5 Å². The van der Waals surface area contributed by atoms with Gasteiger partial charge in [0.2, 0.25) is 0 Å². The third-order valence-electron chi connectivity index (χ3n) is 3.83. The van der Waals surface area contributed by atoms with E-state index in [1.165, 1.54) is 11.1 Å². The molecule has 4 heteroatoms. The van der Waals surface area contributed by atoms with E-state index in [1.807, 2.05) is 0 Å². The maximum atomic E-state index is 9.22. The van der Waals surface area contributed by atoms with Crippen molar-refractivity contribution in [1.29, 1.82) is 0 Å². The average molecular weight is 342 g/mol. The molecular formula is C16H24BrNO2. The van der Waals surface area contributed by atoms with Crippen LogP contribution < -0.4 is 10.1 Å². The molecule has 3 nitrogen and oxygen atoms in total. The van der Waals surface area contributed by atoms with Crippen LogP contribution in [0.15, 0.2) is 16.6 Å². The fourth-order valence-corrected chi connectivity index (χ4v) is 3.23. The SMILES string of the molecule is CC(C)(C)C(CCO)NCc1cc(Br)cc2c1OCC2. The maximum Gasteiger partial charge on any atom is 0.127 e. The molecule has 1 aliphatic rings. The first-order valence-corrected chi connectivity index (χ1v) is 7.99. The molecular weight excluding hydrogens is 318 g/mol. The Hall–Kier alpha value is -0.580. The fraction of sp³-hybridized carbons (Fsp3) is 0.625. The zero-order chi connectivity index (χ0) is 14.8. The third kappa shape index (κ3) is 3.74. The summed E-state index contributed by atoms with van der Waals surface area (Å²) in [5.41, 5.74) is 2.60. The molecule has 0 aliphatic carbocycles. The van der Waals surface area contributed by atoms with E-state index in [1.54, 1.807) is 0 Å². The Balaban J connectivity index is 2.10. The fourth-order valence-electron chi connectivity index (χ4n) is 2.68. The minimum absolute atomic E-state index is 0.124. The van der Waals surface area contributed by atoms with Gasteiger partial charge < -0.3 is 15.2 Å². The molecule has 0 aromatic heterocycles. The first-order valence-electron chi connectivity index (χ1n) is 7.20. The van der Waals surface area contributed by atoms with E-state index in [-0.39, 0.29) is 18.1 Å². The van der Waals surface area contributed by atoms with Gasteiger partial charge in [0.25, 0.3) is 0 Å². The van der Waals surface area contributed by atoms with E-state index in [0.717, 1.165) is 36.2 Å². The monoisotopic (exact) mass is 341 g/mol. The van der Waals surface area contributed by atoms with Crippen LogP contribution in [0.25, 0.3) is 0 Å². The zero-order valence-corrected chi connectivity index (χ0v) is 14.1. The lowest BCUT2D eigenvalue weighted by Crippen LogP contribution is -2.40. The van der Waals surface area contributed by atoms with Gasteiger partial charge in [-0.25, -0.2) is 0 Å². The Labute approximate surface area is 129 Å². The number of fused-ring (bicyclic) bond motifs is 1. The summed E-state index contributed by atoms with van der Waals surface area (Å²) in [6.07, 6.45) is 1.75. The third-order valence-corrected chi connectivity index (χ3v) is 4.29. The second-order valence-corrected chi connectivity index (χ2v) is 7.38. The second kappa shape index (κ2) is 6.46. The lowest BCUT2D eigenvalue weighted by molar-refractivity contribution is 0.196. The summed E-state index contributed by atoms with van der Waals surface area (Å²) in [5.74, 6) is 1.04. The van der Waals surface area contributed by atoms with Gasteiger partial charge in [0.1, 0.15) is 5.75 Å². The van der Waals surface area contributed by atoms with E-state index < -0.39 is 0 Å². The lowest BCUT2D eigenvalue weighted by atomic mass is 9.85. The normalized spacial score (nSPS) is 15.8. The molecule has 0 bridgehead atoms. The number of aliphatic hydroxyl groups excluding tert-OH is 1. The summed E-state index contributed by atoms with van der Waals surface area (Å²) in [7, 11) is 0. The van der Waals surface area contributed by atoms with Crippen LogP contribution in [-0.2, 0) is 13.0 Å². The summed E-state index contributed by atoms with van der Waals surface area (Å²) in [5, 5.41) is 12.8. The van der Waals surface area contributed by atoms with Gasteiger partial charge in [-0.1, -0.05) is 36.7 Å². The molecule has 1 aromatic carbocycles. The average Bonchev–Trinajstić information content (AvgIpc) is 2.80. The quantitative estimate of drug-likeness (QED) is 0.863. The highest BCUT2D eigenvalue weighted by Crippen LogP contribution is 2.33. The Kier molecular flexibility index (Phi) is 5.10. The predicted octanol–water partition coefficient (Wildman–Crippen LogP) is 3.27. The van der Waals surface area contributed by atoms with E-state index in [4.69, 9.17) is 4.74 Å². The molecule has 20 heavy (non-hydrogen) atoms. The predicted molar refractivity (Wildman–Crippen MR) is 85.1 cm³/mol. The highest BCUT2D eigenvalue weighted by molar-refractivity contribution is 9.10. The van der Waals surface area contributed by atoms with Gasteiger partial charge in [0.15, 0.2) is 0 Å². The number of aliphatic hydroxyl groups is 1. The Morgan fingerprint density at radius 2 is 2.15 bits per heavy atom. The summed E-state index contributed by atoms with van der Waals surface area (Å²) < 4.78 is 6.86. The Morgan fingerprint density at radius 3 is 2.80 bits per heavy atom. The van der Waals surface area contributed by atoms with Crippen molar-refractivity contribution in [3.05, 3.63) is 27.7 Å². The number of hydrogen-bond acceptors (Lipinski definition) is 3. The number of hydrogen-bond donors (Lipinski definition) is 2. The Morgan fingerprint density at radius 1 is 1.40 bits per heavy atom. The van der Waals surface area contributed by atoms with Gasteiger partial charge in [-0.2, -0.15) is 0 Å². The largest absolute Gasteiger partial charge is 0.493 e. The molecule has 0 amide bonds. The highest BCUT2D eigenvalue weighted by Gasteiger charge is 2.24. The molecule has 0 saturated carbocycles. The molecule has 2 rings (SSSR count). The van der Waals surface area contributed by atoms with Crippen LogP contribution in [0.2, 0.25) is 0 Å². The van der Waals surface area contributed by atoms with Crippen molar-refractivity contribution in [2.24, 2.45) is 5.41 Å². The number of benzene rings is 1. The summed E-state index contributed by atoms with van der Waals surface area (Å²) in [6, 6.07) is 4.54. The molecule has 0 radical (unpaired) electrons. The van der Waals surface area contributed by atoms with Crippen LogP contribution in [0.5, 0.6) is 5.75 Å². The zero-order valence-electron chi connectivity index (χ0n) is 12.5. The van der Waals surface area contributed by atoms with Crippen molar-refractivity contribution in [2.45, 2.75) is 46.2 Å². The minimum atomic E-state index is 0.124. The standard InChI is InChI=1S/C16H24BrNO2/c1-16(2,3)14(4-6-19)18-10-12-9-13(17)8-11-5-7-20-15(11)12/h8-9,14,18-19H,4-7,10H2,1-3H3. The molecule has 0 spiro atoms. The number of nitrogens with one attached hydrogen (secondary N) is 1. The number of ether oxygens (including phenoxy) is 1. The summed E-state index contributed by atoms with van der Waals surface area (Å²) in [4.78, 5) is 0. The van der Waals surface area contributed by atoms with E-state index in [9.17, 15) is 5.11 Å². The molecule has 1 aliphatic heterocycles. The van der Waals surface area contributed by atoms with E-state index in [2.05, 4.69) is 54.2 Å². The van der Waals surface area contributed by atoms with Gasteiger partial charge in [-0.3, -0.25) is 0 Å². The minimum Gasteiger partial charge on any atom is -0.493 e. The van der Waals surface area contributed by atoms with Crippen LogP contribution in [0.1, 0.15) is 38.3 Å². The van der Waals surface area contributed by atoms with Crippen LogP contribution in [0.4, 0.5) is 0 Å². The van der Waals surface area contributed by atoms with Gasteiger partial charge in [0, 0.05) is 35.7 Å². The summed E-state index contributed by atoms with van der Waals surface area (Å²) in [6.45, 7) is 8.34. The van der Waals surface area contributed by atoms with E-state index >= 15 is 0 Å². The number of halogens is 1. The maximum absolute atomic E-state index is 9.22. The van der Waals surface area contributed by atoms with Crippen molar-refractivity contribution in [3.8, 4) is 5.75 Å². The molecule has 1 aromatic rings. The van der Waals surface area contributed by atoms with Gasteiger partial charge >= 0.3 is 0 Å². The molecule has 0 saturated heterocycles. The Bertz CT molecular complexity index is 468. The number of rotatable bonds is 5. The molecule has 1 heterocycles. The van der Waals surface area contributed by atoms with E-state index in [0.29, 0.717) is 0 Å². The first-order chi connectivity index (χ1) is 9.41. The van der Waals surface area contributed by atoms with Crippen molar-refractivity contribution in [3.63, 3.8) is 0 Å². The molecule has 112 valence electrons. The van der Waals surface area contributed by atoms with Crippen LogP contribution >= 0.6 is 15.9 Å². The lowest BCUT2D eigenvalue weighted by Gasteiger charge is -2.31. The topological polar surface area (TPSA) is 41.5 Å². The van der Waals surface area contributed by atoms with Crippen LogP contribution in [0.3, 0.4) is 0 Å². The smallest absolute Gasteiger partial charge is 0.127 e. The highest BCUT2D eigenvalue weighted by atomic mass is 79.9. The second-order valence-electron chi connectivity index (χ2n) is 6.46. The van der Waals surface area contributed by atoms with Crippen molar-refractivity contribution < 1.29 is 9.84 Å². The van der Waals surface area contributed by atoms with Gasteiger partial charge in [0.05, 0.1) is 6.61 Å². The van der Waals surface area contributed by atoms with Crippen molar-refractivity contribution >= 4 is 15.9 Å².